The van der Waals surface area contributed by atoms with E-state index in [1.54, 1.807) is 30.0 Å². The maximum absolute atomic E-state index is 12.9. The quantitative estimate of drug-likeness (QED) is 0.286. The monoisotopic (exact) mass is 538 g/mol. The molecule has 192 valence electrons. The molecule has 0 radical (unpaired) electrons. The average Bonchev–Trinajstić information content (AvgIpc) is 2.91. The van der Waals surface area contributed by atoms with Crippen molar-refractivity contribution in [1.29, 1.82) is 0 Å². The zero-order chi connectivity index (χ0) is 26.6. The highest BCUT2D eigenvalue weighted by Crippen LogP contribution is 2.37. The summed E-state index contributed by atoms with van der Waals surface area (Å²) in [6.07, 6.45) is 1.20. The largest absolute Gasteiger partial charge is 0.448 e. The third-order valence-electron chi connectivity index (χ3n) is 5.84. The molecule has 0 unspecified atom stereocenters. The molecular weight excluding hydrogens is 512 g/mol. The van der Waals surface area contributed by atoms with Crippen LogP contribution >= 0.6 is 11.8 Å². The number of thioether (sulfide) groups is 1. The lowest BCUT2D eigenvalue weighted by Gasteiger charge is -2.47. The van der Waals surface area contributed by atoms with Crippen LogP contribution in [0.3, 0.4) is 0 Å². The molecule has 2 atom stereocenters. The molecule has 3 aromatic rings. The molecular formula is C27H26N2O6S2. The molecule has 0 spiro atoms. The Balaban J connectivity index is 0.000000245. The molecule has 3 aromatic carbocycles. The third-order valence-corrected chi connectivity index (χ3v) is 7.92. The number of rotatable bonds is 5. The van der Waals surface area contributed by atoms with Gasteiger partial charge in [-0.1, -0.05) is 78.4 Å². The SMILES string of the molecule is Cc1ccc(S(=O)(=O)O)cc1.N[C@@H]1C(=O)N2C(C(=O)OC(c3ccccc3)c3ccccc3)=CCS[C@@H]12. The number of amides is 1. The van der Waals surface area contributed by atoms with Crippen LogP contribution < -0.4 is 5.73 Å². The Morgan fingerprint density at radius 2 is 1.54 bits per heavy atom. The standard InChI is InChI=1S/C20H18N2O3S.C7H8O3S/c21-16-18(23)22-15(11-12-26-19(16)22)20(24)25-17(13-7-3-1-4-8-13)14-9-5-2-6-10-14;1-6-2-4-7(5-3-6)11(8,9)10/h1-11,16-17,19H,12,21H2;2-5H,1H3,(H,8,9,10)/t16-,19+;/m1./s1. The van der Waals surface area contributed by atoms with Crippen molar-refractivity contribution in [3.8, 4) is 0 Å². The lowest BCUT2D eigenvalue weighted by molar-refractivity contribution is -0.152. The minimum atomic E-state index is -4.02. The summed E-state index contributed by atoms with van der Waals surface area (Å²) in [5.41, 5.74) is 8.83. The molecule has 2 heterocycles. The minimum absolute atomic E-state index is 0.0666. The van der Waals surface area contributed by atoms with Gasteiger partial charge >= 0.3 is 5.97 Å². The van der Waals surface area contributed by atoms with Crippen molar-refractivity contribution in [3.63, 3.8) is 0 Å². The van der Waals surface area contributed by atoms with Gasteiger partial charge in [0.05, 0.1) is 4.90 Å². The van der Waals surface area contributed by atoms with Gasteiger partial charge in [-0.3, -0.25) is 14.2 Å². The molecule has 0 saturated carbocycles. The Labute approximate surface area is 219 Å². The van der Waals surface area contributed by atoms with Crippen molar-refractivity contribution in [2.24, 2.45) is 5.73 Å². The number of hydrogen-bond acceptors (Lipinski definition) is 7. The van der Waals surface area contributed by atoms with E-state index in [-0.39, 0.29) is 21.9 Å². The number of nitrogens with zero attached hydrogens (tertiary/aromatic N) is 1. The second kappa shape index (κ2) is 11.3. The fourth-order valence-electron chi connectivity index (χ4n) is 3.89. The first kappa shape index (κ1) is 26.6. The van der Waals surface area contributed by atoms with Gasteiger partial charge in [-0.2, -0.15) is 8.42 Å². The lowest BCUT2D eigenvalue weighted by atomic mass is 10.0. The number of fused-ring (bicyclic) bond motifs is 1. The van der Waals surface area contributed by atoms with Gasteiger partial charge in [0, 0.05) is 5.75 Å². The normalized spacial score (nSPS) is 18.6. The lowest BCUT2D eigenvalue weighted by Crippen LogP contribution is -2.68. The first-order valence-corrected chi connectivity index (χ1v) is 13.9. The summed E-state index contributed by atoms with van der Waals surface area (Å²) >= 11 is 1.55. The van der Waals surface area contributed by atoms with Crippen LogP contribution in [0.5, 0.6) is 0 Å². The van der Waals surface area contributed by atoms with Gasteiger partial charge in [-0.15, -0.1) is 11.8 Å². The molecule has 0 aliphatic carbocycles. The smallest absolute Gasteiger partial charge is 0.355 e. The fraction of sp³-hybridized carbons (Fsp3) is 0.185. The van der Waals surface area contributed by atoms with Crippen molar-refractivity contribution >= 4 is 33.8 Å². The van der Waals surface area contributed by atoms with Crippen molar-refractivity contribution in [2.45, 2.75) is 29.3 Å². The Morgan fingerprint density at radius 3 is 2.05 bits per heavy atom. The van der Waals surface area contributed by atoms with Gasteiger partial charge in [-0.05, 0) is 36.3 Å². The molecule has 5 rings (SSSR count). The molecule has 37 heavy (non-hydrogen) atoms. The number of benzene rings is 3. The third kappa shape index (κ3) is 6.11. The van der Waals surface area contributed by atoms with E-state index in [0.29, 0.717) is 5.75 Å². The van der Waals surface area contributed by atoms with Gasteiger partial charge in [0.15, 0.2) is 6.10 Å². The highest BCUT2D eigenvalue weighted by molar-refractivity contribution is 8.00. The highest BCUT2D eigenvalue weighted by Gasteiger charge is 2.50. The second-order valence-corrected chi connectivity index (χ2v) is 11.0. The Hall–Kier alpha value is -3.44. The predicted molar refractivity (Wildman–Crippen MR) is 141 cm³/mol. The van der Waals surface area contributed by atoms with Crippen LogP contribution in [0.25, 0.3) is 0 Å². The fourth-order valence-corrected chi connectivity index (χ4v) is 5.51. The van der Waals surface area contributed by atoms with Crippen molar-refractivity contribution < 1.29 is 27.3 Å². The summed E-state index contributed by atoms with van der Waals surface area (Å²) in [5, 5.41) is -0.179. The maximum Gasteiger partial charge on any atom is 0.355 e. The van der Waals surface area contributed by atoms with E-state index in [4.69, 9.17) is 15.0 Å². The van der Waals surface area contributed by atoms with Crippen LogP contribution in [0.4, 0.5) is 0 Å². The van der Waals surface area contributed by atoms with Gasteiger partial charge < -0.3 is 10.5 Å². The number of esters is 1. The van der Waals surface area contributed by atoms with Gasteiger partial charge in [-0.25, -0.2) is 4.79 Å². The molecule has 1 saturated heterocycles. The van der Waals surface area contributed by atoms with Crippen LogP contribution in [0.1, 0.15) is 22.8 Å². The van der Waals surface area contributed by atoms with E-state index in [1.807, 2.05) is 67.6 Å². The van der Waals surface area contributed by atoms with E-state index in [1.165, 1.54) is 17.0 Å². The van der Waals surface area contributed by atoms with Gasteiger partial charge in [0.25, 0.3) is 10.1 Å². The minimum Gasteiger partial charge on any atom is -0.448 e. The molecule has 0 bridgehead atoms. The number of ether oxygens (including phenoxy) is 1. The van der Waals surface area contributed by atoms with Crippen LogP contribution in [0.2, 0.25) is 0 Å². The van der Waals surface area contributed by atoms with Gasteiger partial charge in [0.2, 0.25) is 5.91 Å². The van der Waals surface area contributed by atoms with E-state index < -0.39 is 28.2 Å². The Kier molecular flexibility index (Phi) is 8.13. The van der Waals surface area contributed by atoms with Crippen molar-refractivity contribution in [2.75, 3.05) is 5.75 Å². The van der Waals surface area contributed by atoms with E-state index >= 15 is 0 Å². The van der Waals surface area contributed by atoms with Crippen molar-refractivity contribution in [1.82, 2.24) is 4.90 Å². The number of β-lactam (4-membered cyclic amide) rings is 1. The van der Waals surface area contributed by atoms with Crippen molar-refractivity contribution in [3.05, 3.63) is 113 Å². The summed E-state index contributed by atoms with van der Waals surface area (Å²) < 4.78 is 35.4. The molecule has 1 fully saturated rings. The van der Waals surface area contributed by atoms with E-state index in [2.05, 4.69) is 0 Å². The number of carbonyl (C=O) groups is 2. The molecule has 1 amide bonds. The molecule has 8 nitrogen and oxygen atoms in total. The number of aryl methyl sites for hydroxylation is 1. The first-order chi connectivity index (χ1) is 17.7. The number of nitrogens with two attached hydrogens (primary N) is 1. The van der Waals surface area contributed by atoms with E-state index in [0.717, 1.165) is 16.7 Å². The summed E-state index contributed by atoms with van der Waals surface area (Å²) in [6.45, 7) is 1.84. The number of carbonyl (C=O) groups excluding carboxylic acids is 2. The molecule has 0 aromatic heterocycles. The van der Waals surface area contributed by atoms with Crippen LogP contribution in [-0.2, 0) is 24.4 Å². The molecule has 10 heteroatoms. The predicted octanol–water partition coefficient (Wildman–Crippen LogP) is 3.69. The molecule has 3 N–H and O–H groups in total. The summed E-state index contributed by atoms with van der Waals surface area (Å²) in [4.78, 5) is 26.3. The van der Waals surface area contributed by atoms with Crippen LogP contribution in [0.15, 0.2) is 102 Å². The topological polar surface area (TPSA) is 127 Å². The Morgan fingerprint density at radius 1 is 1.00 bits per heavy atom. The first-order valence-electron chi connectivity index (χ1n) is 11.4. The van der Waals surface area contributed by atoms with Gasteiger partial charge in [0.1, 0.15) is 17.1 Å². The Bertz CT molecular complexity index is 1350. The maximum atomic E-state index is 12.9. The second-order valence-electron chi connectivity index (χ2n) is 8.44. The highest BCUT2D eigenvalue weighted by atomic mass is 32.2. The van der Waals surface area contributed by atoms with Crippen LogP contribution in [-0.4, -0.2) is 46.9 Å². The zero-order valence-electron chi connectivity index (χ0n) is 19.9. The molecule has 2 aliphatic heterocycles. The van der Waals surface area contributed by atoms with Crippen LogP contribution in [0, 0.1) is 6.92 Å². The zero-order valence-corrected chi connectivity index (χ0v) is 21.6. The summed E-state index contributed by atoms with van der Waals surface area (Å²) in [5.74, 6) is -0.108. The summed E-state index contributed by atoms with van der Waals surface area (Å²) in [7, 11) is -4.02. The van der Waals surface area contributed by atoms with E-state index in [9.17, 15) is 18.0 Å². The summed E-state index contributed by atoms with van der Waals surface area (Å²) in [6, 6.07) is 24.6. The average molecular weight is 539 g/mol. The molecule has 2 aliphatic rings. The number of hydrogen-bond donors (Lipinski definition) is 2.